The first-order valence-corrected chi connectivity index (χ1v) is 8.50. The van der Waals surface area contributed by atoms with Crippen molar-refractivity contribution in [1.29, 1.82) is 0 Å². The second kappa shape index (κ2) is 8.04. The molecule has 2 rings (SSSR count). The Kier molecular flexibility index (Phi) is 6.08. The van der Waals surface area contributed by atoms with E-state index in [2.05, 4.69) is 49.5 Å². The third kappa shape index (κ3) is 4.92. The van der Waals surface area contributed by atoms with E-state index in [4.69, 9.17) is 0 Å². The van der Waals surface area contributed by atoms with E-state index in [0.29, 0.717) is 6.54 Å². The van der Waals surface area contributed by atoms with Gasteiger partial charge in [0.15, 0.2) is 0 Å². The van der Waals surface area contributed by atoms with Crippen LogP contribution in [0.5, 0.6) is 0 Å². The zero-order chi connectivity index (χ0) is 15.9. The summed E-state index contributed by atoms with van der Waals surface area (Å²) in [6, 6.07) is 16.6. The Labute approximate surface area is 137 Å². The summed E-state index contributed by atoms with van der Waals surface area (Å²) in [5, 5.41) is 2.93. The Morgan fingerprint density at radius 3 is 2.50 bits per heavy atom. The van der Waals surface area contributed by atoms with E-state index in [-0.39, 0.29) is 11.2 Å². The van der Waals surface area contributed by atoms with Crippen LogP contribution in [0.15, 0.2) is 53.4 Å². The third-order valence-electron chi connectivity index (χ3n) is 3.72. The quantitative estimate of drug-likeness (QED) is 0.812. The second-order valence-corrected chi connectivity index (χ2v) is 6.95. The van der Waals surface area contributed by atoms with E-state index in [1.807, 2.05) is 25.1 Å². The number of carbonyl (C=O) groups excluding carboxylic acids is 1. The van der Waals surface area contributed by atoms with Gasteiger partial charge in [0.25, 0.3) is 0 Å². The number of amides is 1. The molecule has 0 aliphatic carbocycles. The molecule has 0 heterocycles. The van der Waals surface area contributed by atoms with Crippen LogP contribution in [-0.2, 0) is 11.2 Å². The molecule has 0 spiro atoms. The summed E-state index contributed by atoms with van der Waals surface area (Å²) in [7, 11) is 0. The fraction of sp³-hybridized carbons (Fsp3) is 0.316. The molecule has 0 aromatic heterocycles. The number of thioether (sulfide) groups is 1. The van der Waals surface area contributed by atoms with Gasteiger partial charge in [-0.05, 0) is 56.0 Å². The molecule has 1 N–H and O–H groups in total. The Hall–Kier alpha value is -1.74. The number of carbonyl (C=O) groups is 1. The van der Waals surface area contributed by atoms with Gasteiger partial charge in [0, 0.05) is 11.4 Å². The van der Waals surface area contributed by atoms with Gasteiger partial charge >= 0.3 is 0 Å². The van der Waals surface area contributed by atoms with E-state index < -0.39 is 0 Å². The van der Waals surface area contributed by atoms with Gasteiger partial charge in [-0.1, -0.05) is 36.4 Å². The minimum atomic E-state index is -0.0853. The molecule has 2 aromatic rings. The Balaban J connectivity index is 1.80. The van der Waals surface area contributed by atoms with Crippen LogP contribution in [-0.4, -0.2) is 17.7 Å². The monoisotopic (exact) mass is 313 g/mol. The molecule has 1 amide bonds. The van der Waals surface area contributed by atoms with Crippen molar-refractivity contribution in [3.05, 3.63) is 65.2 Å². The van der Waals surface area contributed by atoms with Crippen molar-refractivity contribution < 1.29 is 4.79 Å². The second-order valence-electron chi connectivity index (χ2n) is 5.53. The predicted octanol–water partition coefficient (Wildman–Crippen LogP) is 4.14. The minimum Gasteiger partial charge on any atom is -0.355 e. The molecule has 2 aromatic carbocycles. The van der Waals surface area contributed by atoms with Crippen LogP contribution in [0.3, 0.4) is 0 Å². The van der Waals surface area contributed by atoms with Crippen LogP contribution < -0.4 is 5.32 Å². The summed E-state index contributed by atoms with van der Waals surface area (Å²) in [6.07, 6.45) is 0.869. The zero-order valence-electron chi connectivity index (χ0n) is 13.4. The van der Waals surface area contributed by atoms with E-state index >= 15 is 0 Å². The minimum absolute atomic E-state index is 0.0853. The van der Waals surface area contributed by atoms with Gasteiger partial charge in [-0.3, -0.25) is 4.79 Å². The molecular formula is C19H23NOS. The number of nitrogens with one attached hydrogen (secondary N) is 1. The van der Waals surface area contributed by atoms with Gasteiger partial charge in [-0.2, -0.15) is 0 Å². The lowest BCUT2D eigenvalue weighted by Crippen LogP contribution is -2.32. The highest BCUT2D eigenvalue weighted by molar-refractivity contribution is 8.00. The molecule has 3 heteroatoms. The molecule has 0 saturated heterocycles. The number of aryl methyl sites for hydroxylation is 2. The normalized spacial score (nSPS) is 12.0. The fourth-order valence-electron chi connectivity index (χ4n) is 2.16. The molecule has 0 saturated carbocycles. The van der Waals surface area contributed by atoms with Crippen molar-refractivity contribution in [2.24, 2.45) is 0 Å². The zero-order valence-corrected chi connectivity index (χ0v) is 14.2. The number of rotatable bonds is 6. The van der Waals surface area contributed by atoms with Crippen molar-refractivity contribution in [2.75, 3.05) is 6.54 Å². The summed E-state index contributed by atoms with van der Waals surface area (Å²) in [4.78, 5) is 13.3. The first kappa shape index (κ1) is 16.6. The smallest absolute Gasteiger partial charge is 0.233 e. The van der Waals surface area contributed by atoms with Crippen LogP contribution in [0, 0.1) is 13.8 Å². The average molecular weight is 313 g/mol. The molecule has 0 aliphatic heterocycles. The van der Waals surface area contributed by atoms with Gasteiger partial charge < -0.3 is 5.32 Å². The molecule has 22 heavy (non-hydrogen) atoms. The standard InChI is InChI=1S/C19H23NOS/c1-14-9-10-18(13-15(14)2)22-16(3)19(21)20-12-11-17-7-5-4-6-8-17/h4-10,13,16H,11-12H2,1-3H3,(H,20,21)/t16-/m0/s1. The lowest BCUT2D eigenvalue weighted by molar-refractivity contribution is -0.120. The maximum absolute atomic E-state index is 12.2. The molecule has 0 radical (unpaired) electrons. The highest BCUT2D eigenvalue weighted by atomic mass is 32.2. The van der Waals surface area contributed by atoms with Crippen LogP contribution in [0.4, 0.5) is 0 Å². The van der Waals surface area contributed by atoms with Gasteiger partial charge in [0.2, 0.25) is 5.91 Å². The van der Waals surface area contributed by atoms with Gasteiger partial charge in [0.1, 0.15) is 0 Å². The Morgan fingerprint density at radius 1 is 1.09 bits per heavy atom. The highest BCUT2D eigenvalue weighted by Gasteiger charge is 2.14. The van der Waals surface area contributed by atoms with Crippen molar-refractivity contribution in [1.82, 2.24) is 5.32 Å². The molecule has 2 nitrogen and oxygen atoms in total. The first-order valence-electron chi connectivity index (χ1n) is 7.62. The number of benzene rings is 2. The molecule has 0 aliphatic rings. The van der Waals surface area contributed by atoms with E-state index in [9.17, 15) is 4.79 Å². The van der Waals surface area contributed by atoms with Crippen LogP contribution >= 0.6 is 11.8 Å². The summed E-state index contributed by atoms with van der Waals surface area (Å²) in [6.45, 7) is 6.84. The molecule has 0 fully saturated rings. The topological polar surface area (TPSA) is 29.1 Å². The Morgan fingerprint density at radius 2 is 1.82 bits per heavy atom. The van der Waals surface area contributed by atoms with Gasteiger partial charge in [0.05, 0.1) is 5.25 Å². The third-order valence-corrected chi connectivity index (χ3v) is 4.81. The summed E-state index contributed by atoms with van der Waals surface area (Å²) in [5.74, 6) is 0.0964. The maximum atomic E-state index is 12.2. The average Bonchev–Trinajstić information content (AvgIpc) is 2.52. The SMILES string of the molecule is Cc1ccc(S[C@@H](C)C(=O)NCCc2ccccc2)cc1C. The number of hydrogen-bond donors (Lipinski definition) is 1. The van der Waals surface area contributed by atoms with Gasteiger partial charge in [-0.15, -0.1) is 11.8 Å². The summed E-state index contributed by atoms with van der Waals surface area (Å²) < 4.78 is 0. The highest BCUT2D eigenvalue weighted by Crippen LogP contribution is 2.25. The molecular weight excluding hydrogens is 290 g/mol. The Bertz CT molecular complexity index is 625. The van der Waals surface area contributed by atoms with Crippen molar-refractivity contribution in [2.45, 2.75) is 37.3 Å². The number of hydrogen-bond acceptors (Lipinski definition) is 2. The molecule has 116 valence electrons. The predicted molar refractivity (Wildman–Crippen MR) is 94.4 cm³/mol. The molecule has 0 bridgehead atoms. The van der Waals surface area contributed by atoms with Crippen LogP contribution in [0.25, 0.3) is 0 Å². The van der Waals surface area contributed by atoms with Crippen molar-refractivity contribution in [3.8, 4) is 0 Å². The summed E-state index contributed by atoms with van der Waals surface area (Å²) >= 11 is 1.61. The van der Waals surface area contributed by atoms with Crippen LogP contribution in [0.2, 0.25) is 0 Å². The molecule has 1 atom stereocenters. The maximum Gasteiger partial charge on any atom is 0.233 e. The van der Waals surface area contributed by atoms with E-state index in [0.717, 1.165) is 11.3 Å². The fourth-order valence-corrected chi connectivity index (χ4v) is 3.15. The van der Waals surface area contributed by atoms with E-state index in [1.165, 1.54) is 16.7 Å². The summed E-state index contributed by atoms with van der Waals surface area (Å²) in [5.41, 5.74) is 3.79. The van der Waals surface area contributed by atoms with E-state index in [1.54, 1.807) is 11.8 Å². The van der Waals surface area contributed by atoms with Crippen molar-refractivity contribution >= 4 is 17.7 Å². The van der Waals surface area contributed by atoms with Gasteiger partial charge in [-0.25, -0.2) is 0 Å². The largest absolute Gasteiger partial charge is 0.355 e. The van der Waals surface area contributed by atoms with Crippen LogP contribution in [0.1, 0.15) is 23.6 Å². The van der Waals surface area contributed by atoms with Crippen molar-refractivity contribution in [3.63, 3.8) is 0 Å². The first-order chi connectivity index (χ1) is 10.6. The molecule has 0 unspecified atom stereocenters. The lowest BCUT2D eigenvalue weighted by atomic mass is 10.1. The lowest BCUT2D eigenvalue weighted by Gasteiger charge is -2.13.